The minimum Gasteiger partial charge on any atom is -0.480 e. The highest BCUT2D eigenvalue weighted by Gasteiger charge is 2.48. The Morgan fingerprint density at radius 2 is 1.73 bits per heavy atom. The Morgan fingerprint density at radius 3 is 2.18 bits per heavy atom. The predicted molar refractivity (Wildman–Crippen MR) is 82.2 cm³/mol. The molecule has 0 aromatic heterocycles. The van der Waals surface area contributed by atoms with Gasteiger partial charge in [-0.25, -0.2) is 0 Å². The number of hydrogen-bond donors (Lipinski definition) is 4. The summed E-state index contributed by atoms with van der Waals surface area (Å²) >= 11 is 0. The molecule has 7 heteroatoms. The zero-order valence-electron chi connectivity index (χ0n) is 13.7. The van der Waals surface area contributed by atoms with Crippen molar-refractivity contribution >= 4 is 17.8 Å². The van der Waals surface area contributed by atoms with E-state index in [-0.39, 0.29) is 11.8 Å². The predicted octanol–water partition coefficient (Wildman–Crippen LogP) is 0.105. The largest absolute Gasteiger partial charge is 0.480 e. The Morgan fingerprint density at radius 1 is 1.09 bits per heavy atom. The van der Waals surface area contributed by atoms with E-state index in [1.54, 1.807) is 0 Å². The second kappa shape index (κ2) is 8.12. The average molecular weight is 313 g/mol. The number of amides is 2. The fourth-order valence-corrected chi connectivity index (χ4v) is 2.15. The lowest BCUT2D eigenvalue weighted by Crippen LogP contribution is -2.49. The monoisotopic (exact) mass is 313 g/mol. The van der Waals surface area contributed by atoms with E-state index < -0.39 is 30.0 Å². The minimum atomic E-state index is -1.05. The average Bonchev–Trinajstić information content (AvgIpc) is 3.16. The topological polar surface area (TPSA) is 117 Å². The van der Waals surface area contributed by atoms with E-state index in [0.29, 0.717) is 18.9 Å². The summed E-state index contributed by atoms with van der Waals surface area (Å²) < 4.78 is 0. The highest BCUT2D eigenvalue weighted by Crippen LogP contribution is 2.13. The molecule has 4 N–H and O–H groups in total. The number of aliphatic carboxylic acids is 1. The summed E-state index contributed by atoms with van der Waals surface area (Å²) in [5.41, 5.74) is 0. The normalized spacial score (nSPS) is 21.5. The molecule has 0 aliphatic carbocycles. The van der Waals surface area contributed by atoms with Crippen LogP contribution in [-0.2, 0) is 14.4 Å². The first-order valence-electron chi connectivity index (χ1n) is 7.79. The van der Waals surface area contributed by atoms with Gasteiger partial charge in [0.1, 0.15) is 18.1 Å². The Balaban J connectivity index is 2.51. The van der Waals surface area contributed by atoms with Gasteiger partial charge in [-0.05, 0) is 24.7 Å². The van der Waals surface area contributed by atoms with E-state index in [9.17, 15) is 14.4 Å². The molecule has 0 aromatic rings. The third-order valence-corrected chi connectivity index (χ3v) is 3.49. The quantitative estimate of drug-likeness (QED) is 0.451. The number of rotatable bonds is 9. The molecule has 0 radical (unpaired) electrons. The van der Waals surface area contributed by atoms with Crippen LogP contribution < -0.4 is 16.0 Å². The van der Waals surface area contributed by atoms with Crippen molar-refractivity contribution in [2.75, 3.05) is 6.54 Å². The number of hydrogen-bond acceptors (Lipinski definition) is 4. The molecule has 2 amide bonds. The van der Waals surface area contributed by atoms with Crippen molar-refractivity contribution in [2.24, 2.45) is 11.8 Å². The Labute approximate surface area is 131 Å². The summed E-state index contributed by atoms with van der Waals surface area (Å²) in [4.78, 5) is 34.9. The van der Waals surface area contributed by atoms with Crippen LogP contribution >= 0.6 is 0 Å². The van der Waals surface area contributed by atoms with Gasteiger partial charge in [0, 0.05) is 6.54 Å². The van der Waals surface area contributed by atoms with Crippen LogP contribution in [0, 0.1) is 11.8 Å². The number of nitrogens with one attached hydrogen (secondary N) is 3. The van der Waals surface area contributed by atoms with Crippen LogP contribution in [-0.4, -0.2) is 47.6 Å². The van der Waals surface area contributed by atoms with Crippen LogP contribution in [0.2, 0.25) is 0 Å². The molecule has 1 aliphatic heterocycles. The second-order valence-electron chi connectivity index (χ2n) is 6.62. The van der Waals surface area contributed by atoms with Crippen molar-refractivity contribution < 1.29 is 19.5 Å². The maximum Gasteiger partial charge on any atom is 0.322 e. The highest BCUT2D eigenvalue weighted by molar-refractivity contribution is 5.97. The van der Waals surface area contributed by atoms with Gasteiger partial charge in [-0.15, -0.1) is 0 Å². The third kappa shape index (κ3) is 6.01. The summed E-state index contributed by atoms with van der Waals surface area (Å²) in [6.45, 7) is 8.65. The molecular weight excluding hydrogens is 286 g/mol. The lowest BCUT2D eigenvalue weighted by molar-refractivity contribution is -0.137. The number of carboxylic acids is 1. The van der Waals surface area contributed by atoms with Crippen molar-refractivity contribution in [2.45, 2.75) is 58.7 Å². The van der Waals surface area contributed by atoms with Crippen molar-refractivity contribution in [3.8, 4) is 0 Å². The molecule has 0 unspecified atom stereocenters. The summed E-state index contributed by atoms with van der Waals surface area (Å²) in [7, 11) is 0. The van der Waals surface area contributed by atoms with Gasteiger partial charge >= 0.3 is 5.97 Å². The zero-order chi connectivity index (χ0) is 16.9. The van der Waals surface area contributed by atoms with Gasteiger partial charge in [0.15, 0.2) is 0 Å². The smallest absolute Gasteiger partial charge is 0.322 e. The molecule has 22 heavy (non-hydrogen) atoms. The van der Waals surface area contributed by atoms with E-state index in [2.05, 4.69) is 29.8 Å². The maximum absolute atomic E-state index is 12.2. The Kier molecular flexibility index (Phi) is 6.80. The lowest BCUT2D eigenvalue weighted by atomic mass is 10.0. The van der Waals surface area contributed by atoms with E-state index in [1.165, 1.54) is 0 Å². The molecule has 1 fully saturated rings. The fourth-order valence-electron chi connectivity index (χ4n) is 2.15. The molecule has 1 rings (SSSR count). The van der Waals surface area contributed by atoms with Crippen molar-refractivity contribution in [1.82, 2.24) is 16.0 Å². The third-order valence-electron chi connectivity index (χ3n) is 3.49. The molecular formula is C15H27N3O4. The molecule has 126 valence electrons. The van der Waals surface area contributed by atoms with E-state index in [0.717, 1.165) is 6.42 Å². The standard InChI is InChI=1S/C15H27N3O4/c1-8(2)5-6-16-13(19)10(7-9(3)4)17-14(20)11-12(18-11)15(21)22/h8-12,18H,5-7H2,1-4H3,(H,16,19)(H,17,20)(H,21,22)/t10-,11+,12+/m0/s1. The van der Waals surface area contributed by atoms with Crippen LogP contribution in [0.5, 0.6) is 0 Å². The molecule has 3 atom stereocenters. The zero-order valence-corrected chi connectivity index (χ0v) is 13.7. The van der Waals surface area contributed by atoms with Crippen molar-refractivity contribution in [1.29, 1.82) is 0 Å². The molecule has 0 spiro atoms. The lowest BCUT2D eigenvalue weighted by Gasteiger charge is -2.20. The minimum absolute atomic E-state index is 0.213. The van der Waals surface area contributed by atoms with Crippen molar-refractivity contribution in [3.05, 3.63) is 0 Å². The van der Waals surface area contributed by atoms with Crippen molar-refractivity contribution in [3.63, 3.8) is 0 Å². The molecule has 0 saturated carbocycles. The van der Waals surface area contributed by atoms with Gasteiger partial charge in [0.05, 0.1) is 0 Å². The number of carbonyl (C=O) groups is 3. The van der Waals surface area contributed by atoms with Gasteiger partial charge in [-0.2, -0.15) is 0 Å². The first kappa shape index (κ1) is 18.4. The Hall–Kier alpha value is -1.63. The Bertz CT molecular complexity index is 423. The van der Waals surface area contributed by atoms with Crippen LogP contribution in [0.4, 0.5) is 0 Å². The van der Waals surface area contributed by atoms with Gasteiger partial charge in [-0.1, -0.05) is 27.7 Å². The second-order valence-corrected chi connectivity index (χ2v) is 6.62. The van der Waals surface area contributed by atoms with Crippen LogP contribution in [0.15, 0.2) is 0 Å². The molecule has 1 heterocycles. The van der Waals surface area contributed by atoms with E-state index in [1.807, 2.05) is 13.8 Å². The fraction of sp³-hybridized carbons (Fsp3) is 0.800. The first-order valence-corrected chi connectivity index (χ1v) is 7.79. The van der Waals surface area contributed by atoms with Crippen LogP contribution in [0.25, 0.3) is 0 Å². The molecule has 1 aliphatic rings. The van der Waals surface area contributed by atoms with Gasteiger partial charge in [0.25, 0.3) is 0 Å². The first-order chi connectivity index (χ1) is 10.2. The SMILES string of the molecule is CC(C)CCNC(=O)[C@H](CC(C)C)NC(=O)[C@@H]1N[C@H]1C(=O)O. The molecule has 1 saturated heterocycles. The highest BCUT2D eigenvalue weighted by atomic mass is 16.4. The summed E-state index contributed by atoms with van der Waals surface area (Å²) in [6, 6.07) is -2.21. The summed E-state index contributed by atoms with van der Waals surface area (Å²) in [5, 5.41) is 16.9. The van der Waals surface area contributed by atoms with Crippen LogP contribution in [0.1, 0.15) is 40.5 Å². The molecule has 0 aromatic carbocycles. The number of carboxylic acid groups (broad SMARTS) is 1. The van der Waals surface area contributed by atoms with Crippen LogP contribution in [0.3, 0.4) is 0 Å². The van der Waals surface area contributed by atoms with E-state index in [4.69, 9.17) is 5.11 Å². The van der Waals surface area contributed by atoms with E-state index >= 15 is 0 Å². The van der Waals surface area contributed by atoms with Gasteiger partial charge < -0.3 is 15.7 Å². The number of carbonyl (C=O) groups excluding carboxylic acids is 2. The summed E-state index contributed by atoms with van der Waals surface area (Å²) in [5.74, 6) is -0.969. The van der Waals surface area contributed by atoms with Gasteiger partial charge in [-0.3, -0.25) is 19.7 Å². The summed E-state index contributed by atoms with van der Waals surface area (Å²) in [6.07, 6.45) is 1.39. The molecule has 7 nitrogen and oxygen atoms in total. The van der Waals surface area contributed by atoms with Gasteiger partial charge in [0.2, 0.25) is 11.8 Å². The molecule has 0 bridgehead atoms. The maximum atomic E-state index is 12.2.